The summed E-state index contributed by atoms with van der Waals surface area (Å²) >= 11 is 0. The Morgan fingerprint density at radius 2 is 1.87 bits per heavy atom. The molecule has 3 aliphatic heterocycles. The summed E-state index contributed by atoms with van der Waals surface area (Å²) in [5.41, 5.74) is 8.65. The molecule has 3 saturated heterocycles. The number of piperidine rings is 3. The van der Waals surface area contributed by atoms with Crippen LogP contribution in [-0.2, 0) is 17.6 Å². The van der Waals surface area contributed by atoms with Gasteiger partial charge in [0.25, 0.3) is 0 Å². The maximum atomic E-state index is 13.0. The minimum Gasteiger partial charge on any atom is -0.368 e. The highest BCUT2D eigenvalue weighted by Crippen LogP contribution is 2.44. The van der Waals surface area contributed by atoms with Crippen molar-refractivity contribution in [3.63, 3.8) is 0 Å². The van der Waals surface area contributed by atoms with E-state index in [0.29, 0.717) is 41.7 Å². The molecule has 1 aromatic rings. The summed E-state index contributed by atoms with van der Waals surface area (Å²) in [5, 5.41) is 0. The van der Waals surface area contributed by atoms with Gasteiger partial charge in [-0.2, -0.15) is 4.98 Å². The monoisotopic (exact) mass is 411 g/mol. The van der Waals surface area contributed by atoms with E-state index in [9.17, 15) is 4.79 Å². The average molecular weight is 412 g/mol. The van der Waals surface area contributed by atoms with Crippen LogP contribution in [0.5, 0.6) is 0 Å². The highest BCUT2D eigenvalue weighted by molar-refractivity contribution is 5.78. The smallest absolute Gasteiger partial charge is 0.223 e. The van der Waals surface area contributed by atoms with Crippen molar-refractivity contribution in [3.05, 3.63) is 11.3 Å². The minimum atomic E-state index is 0.388. The second-order valence-corrected chi connectivity index (χ2v) is 10.5. The van der Waals surface area contributed by atoms with Gasteiger partial charge < -0.3 is 15.5 Å². The van der Waals surface area contributed by atoms with Crippen molar-refractivity contribution in [2.45, 2.75) is 90.1 Å². The van der Waals surface area contributed by atoms with Crippen molar-refractivity contribution in [2.24, 2.45) is 17.8 Å². The molecule has 2 bridgehead atoms. The van der Waals surface area contributed by atoms with E-state index in [1.807, 2.05) is 0 Å². The Hall–Kier alpha value is -1.85. The predicted octanol–water partition coefficient (Wildman–Crippen LogP) is 3.58. The van der Waals surface area contributed by atoms with Gasteiger partial charge >= 0.3 is 0 Å². The van der Waals surface area contributed by atoms with Crippen molar-refractivity contribution in [3.8, 4) is 0 Å². The molecule has 6 heteroatoms. The van der Waals surface area contributed by atoms with Gasteiger partial charge in [0.05, 0.1) is 5.69 Å². The highest BCUT2D eigenvalue weighted by atomic mass is 16.2. The molecule has 164 valence electrons. The fourth-order valence-electron chi connectivity index (χ4n) is 6.68. The second-order valence-electron chi connectivity index (χ2n) is 10.5. The molecule has 6 nitrogen and oxygen atoms in total. The number of aromatic nitrogens is 2. The van der Waals surface area contributed by atoms with Crippen LogP contribution in [0.4, 0.5) is 11.8 Å². The lowest BCUT2D eigenvalue weighted by Gasteiger charge is -2.57. The SMILES string of the molecule is CC(C)CC[C@H]1[C@H]2C[C@H](CN(c3nc(N)nc4c3CCCC4)C2)[C@@H]2CCCC(=O)N21. The number of carbonyl (C=O) groups is 1. The van der Waals surface area contributed by atoms with E-state index >= 15 is 0 Å². The number of rotatable bonds is 4. The Balaban J connectivity index is 1.47. The Kier molecular flexibility index (Phi) is 5.36. The number of hydrogen-bond acceptors (Lipinski definition) is 5. The minimum absolute atomic E-state index is 0.388. The van der Waals surface area contributed by atoms with Crippen LogP contribution in [-0.4, -0.2) is 45.9 Å². The number of anilines is 2. The Morgan fingerprint density at radius 3 is 2.70 bits per heavy atom. The van der Waals surface area contributed by atoms with E-state index in [0.717, 1.165) is 51.0 Å². The van der Waals surface area contributed by atoms with Crippen molar-refractivity contribution in [1.29, 1.82) is 0 Å². The van der Waals surface area contributed by atoms with Crippen LogP contribution >= 0.6 is 0 Å². The van der Waals surface area contributed by atoms with Crippen LogP contribution in [0.1, 0.15) is 76.5 Å². The first-order valence-corrected chi connectivity index (χ1v) is 12.2. The van der Waals surface area contributed by atoms with Gasteiger partial charge in [0.15, 0.2) is 0 Å². The zero-order valence-electron chi connectivity index (χ0n) is 18.6. The molecule has 1 amide bonds. The van der Waals surface area contributed by atoms with Crippen LogP contribution in [0.25, 0.3) is 0 Å². The number of amides is 1. The van der Waals surface area contributed by atoms with Crippen LogP contribution < -0.4 is 10.6 Å². The molecule has 0 radical (unpaired) electrons. The van der Waals surface area contributed by atoms with Gasteiger partial charge in [0, 0.05) is 37.2 Å². The third-order valence-electron chi connectivity index (χ3n) is 8.01. The fraction of sp³-hybridized carbons (Fsp3) is 0.792. The third kappa shape index (κ3) is 3.56. The molecule has 4 heterocycles. The van der Waals surface area contributed by atoms with Crippen LogP contribution in [0.2, 0.25) is 0 Å². The quantitative estimate of drug-likeness (QED) is 0.820. The standard InChI is InChI=1S/C24H37N5O/c1-15(2)10-11-21-17-12-16(20-8-5-9-22(30)29(20)21)13-28(14-17)23-18-6-3-4-7-19(18)26-24(25)27-23/h15-17,20-21H,3-14H2,1-2H3,(H2,25,26,27)/t16-,17+,20+,21+/m1/s1. The molecule has 0 aromatic carbocycles. The molecule has 5 rings (SSSR count). The summed E-state index contributed by atoms with van der Waals surface area (Å²) < 4.78 is 0. The molecule has 30 heavy (non-hydrogen) atoms. The maximum Gasteiger partial charge on any atom is 0.223 e. The van der Waals surface area contributed by atoms with Gasteiger partial charge in [-0.25, -0.2) is 4.98 Å². The summed E-state index contributed by atoms with van der Waals surface area (Å²) in [5.74, 6) is 3.70. The lowest BCUT2D eigenvalue weighted by molar-refractivity contribution is -0.149. The number of aryl methyl sites for hydroxylation is 1. The van der Waals surface area contributed by atoms with E-state index in [-0.39, 0.29) is 0 Å². The van der Waals surface area contributed by atoms with E-state index in [4.69, 9.17) is 10.7 Å². The van der Waals surface area contributed by atoms with Crippen molar-refractivity contribution < 1.29 is 4.79 Å². The maximum absolute atomic E-state index is 13.0. The first-order valence-electron chi connectivity index (χ1n) is 12.2. The summed E-state index contributed by atoms with van der Waals surface area (Å²) in [6, 6.07) is 0.803. The molecule has 0 spiro atoms. The molecular weight excluding hydrogens is 374 g/mol. The van der Waals surface area contributed by atoms with E-state index in [2.05, 4.69) is 28.6 Å². The largest absolute Gasteiger partial charge is 0.368 e. The van der Waals surface area contributed by atoms with Crippen LogP contribution in [0, 0.1) is 17.8 Å². The van der Waals surface area contributed by atoms with Crippen LogP contribution in [0.15, 0.2) is 0 Å². The van der Waals surface area contributed by atoms with Gasteiger partial charge in [-0.3, -0.25) is 4.79 Å². The number of carbonyl (C=O) groups excluding carboxylic acids is 1. The first kappa shape index (κ1) is 20.1. The Bertz CT molecular complexity index is 809. The molecule has 0 unspecified atom stereocenters. The summed E-state index contributed by atoms with van der Waals surface area (Å²) in [6.07, 6.45) is 11.1. The molecular formula is C24H37N5O. The number of nitrogen functional groups attached to an aromatic ring is 1. The molecule has 4 aliphatic rings. The third-order valence-corrected chi connectivity index (χ3v) is 8.01. The molecule has 1 aromatic heterocycles. The van der Waals surface area contributed by atoms with Crippen molar-refractivity contribution in [1.82, 2.24) is 14.9 Å². The number of fused-ring (bicyclic) bond motifs is 5. The Labute approximate surface area is 180 Å². The van der Waals surface area contributed by atoms with E-state index in [1.165, 1.54) is 43.4 Å². The lowest BCUT2D eigenvalue weighted by Crippen LogP contribution is -2.65. The number of hydrogen-bond donors (Lipinski definition) is 1. The predicted molar refractivity (Wildman–Crippen MR) is 119 cm³/mol. The Morgan fingerprint density at radius 1 is 1.07 bits per heavy atom. The number of nitrogens with zero attached hydrogens (tertiary/aromatic N) is 4. The van der Waals surface area contributed by atoms with Gasteiger partial charge in [0.2, 0.25) is 11.9 Å². The van der Waals surface area contributed by atoms with Gasteiger partial charge in [-0.05, 0) is 75.5 Å². The van der Waals surface area contributed by atoms with Gasteiger partial charge in [-0.15, -0.1) is 0 Å². The van der Waals surface area contributed by atoms with Crippen molar-refractivity contribution >= 4 is 17.7 Å². The summed E-state index contributed by atoms with van der Waals surface area (Å²) in [7, 11) is 0. The van der Waals surface area contributed by atoms with E-state index < -0.39 is 0 Å². The first-order chi connectivity index (χ1) is 14.5. The molecule has 3 fully saturated rings. The van der Waals surface area contributed by atoms with Crippen molar-refractivity contribution in [2.75, 3.05) is 23.7 Å². The van der Waals surface area contributed by atoms with E-state index in [1.54, 1.807) is 0 Å². The summed E-state index contributed by atoms with van der Waals surface area (Å²) in [4.78, 5) is 27.2. The topological polar surface area (TPSA) is 75.4 Å². The highest BCUT2D eigenvalue weighted by Gasteiger charge is 2.49. The second kappa shape index (κ2) is 8.01. The van der Waals surface area contributed by atoms with Gasteiger partial charge in [-0.1, -0.05) is 13.8 Å². The molecule has 1 aliphatic carbocycles. The lowest BCUT2D eigenvalue weighted by atomic mass is 9.70. The molecule has 2 N–H and O–H groups in total. The summed E-state index contributed by atoms with van der Waals surface area (Å²) in [6.45, 7) is 6.60. The average Bonchev–Trinajstić information content (AvgIpc) is 2.73. The van der Waals surface area contributed by atoms with Crippen LogP contribution in [0.3, 0.4) is 0 Å². The number of nitrogens with two attached hydrogens (primary N) is 1. The zero-order chi connectivity index (χ0) is 20.8. The molecule has 0 saturated carbocycles. The zero-order valence-corrected chi connectivity index (χ0v) is 18.6. The van der Waals surface area contributed by atoms with Gasteiger partial charge in [0.1, 0.15) is 5.82 Å². The normalized spacial score (nSPS) is 31.0. The fourth-order valence-corrected chi connectivity index (χ4v) is 6.68. The molecule has 4 atom stereocenters.